The molecule has 6 heteroatoms. The fourth-order valence-corrected chi connectivity index (χ4v) is 2.18. The van der Waals surface area contributed by atoms with Crippen LogP contribution < -0.4 is 4.90 Å². The first-order valence-electron chi connectivity index (χ1n) is 5.72. The van der Waals surface area contributed by atoms with Gasteiger partial charge in [-0.1, -0.05) is 11.6 Å². The van der Waals surface area contributed by atoms with Crippen LogP contribution in [-0.4, -0.2) is 33.7 Å². The summed E-state index contributed by atoms with van der Waals surface area (Å²) in [6.07, 6.45) is 5.36. The van der Waals surface area contributed by atoms with Crippen LogP contribution in [0.1, 0.15) is 6.92 Å². The third-order valence-electron chi connectivity index (χ3n) is 2.64. The highest BCUT2D eigenvalue weighted by atomic mass is 35.5. The van der Waals surface area contributed by atoms with Crippen molar-refractivity contribution in [3.63, 3.8) is 0 Å². The van der Waals surface area contributed by atoms with Gasteiger partial charge in [0.05, 0.1) is 23.8 Å². The van der Waals surface area contributed by atoms with E-state index in [0.717, 1.165) is 24.5 Å². The lowest BCUT2D eigenvalue weighted by Crippen LogP contribution is -2.24. The fraction of sp³-hybridized carbons (Fsp3) is 0.333. The predicted octanol–water partition coefficient (Wildman–Crippen LogP) is 2.99. The molecule has 96 valence electrons. The van der Waals surface area contributed by atoms with Gasteiger partial charge in [0.2, 0.25) is 0 Å². The van der Waals surface area contributed by atoms with Gasteiger partial charge in [0.25, 0.3) is 0 Å². The van der Waals surface area contributed by atoms with Crippen LogP contribution in [0.15, 0.2) is 30.7 Å². The van der Waals surface area contributed by atoms with Crippen LogP contribution in [0, 0.1) is 0 Å². The molecule has 2 heterocycles. The van der Waals surface area contributed by atoms with E-state index in [2.05, 4.69) is 21.9 Å². The Balaban J connectivity index is 2.32. The molecule has 18 heavy (non-hydrogen) atoms. The van der Waals surface area contributed by atoms with Gasteiger partial charge in [-0.2, -0.15) is 5.10 Å². The van der Waals surface area contributed by atoms with Crippen molar-refractivity contribution >= 4 is 28.9 Å². The smallest absolute Gasteiger partial charge is 0.174 e. The van der Waals surface area contributed by atoms with Crippen molar-refractivity contribution in [3.05, 3.63) is 35.9 Å². The molecule has 0 radical (unpaired) electrons. The van der Waals surface area contributed by atoms with Gasteiger partial charge in [0.15, 0.2) is 5.15 Å². The standard InChI is InChI=1S/C12H14Cl2N4/c1-2-17(7-5-13)11-9-18(16-12(11)14)10-4-3-6-15-8-10/h3-4,6,8-9H,2,5,7H2,1H3. The molecule has 0 spiro atoms. The van der Waals surface area contributed by atoms with Crippen molar-refractivity contribution < 1.29 is 0 Å². The Morgan fingerprint density at radius 2 is 2.28 bits per heavy atom. The molecular weight excluding hydrogens is 271 g/mol. The summed E-state index contributed by atoms with van der Waals surface area (Å²) in [6, 6.07) is 3.79. The molecule has 0 amide bonds. The minimum absolute atomic E-state index is 0.478. The molecule has 0 aromatic carbocycles. The topological polar surface area (TPSA) is 34.0 Å². The molecule has 0 aliphatic rings. The number of hydrogen-bond donors (Lipinski definition) is 0. The van der Waals surface area contributed by atoms with Crippen molar-refractivity contribution in [1.29, 1.82) is 0 Å². The van der Waals surface area contributed by atoms with Crippen LogP contribution in [0.25, 0.3) is 5.69 Å². The average molecular weight is 285 g/mol. The SMILES string of the molecule is CCN(CCCl)c1cn(-c2cccnc2)nc1Cl. The van der Waals surface area contributed by atoms with E-state index in [0.29, 0.717) is 11.0 Å². The Hall–Kier alpha value is -1.26. The molecule has 0 fully saturated rings. The first-order valence-corrected chi connectivity index (χ1v) is 6.64. The number of pyridine rings is 1. The normalized spacial score (nSPS) is 10.6. The zero-order valence-corrected chi connectivity index (χ0v) is 11.6. The lowest BCUT2D eigenvalue weighted by molar-refractivity contribution is 0.862. The second-order valence-corrected chi connectivity index (χ2v) is 4.47. The third-order valence-corrected chi connectivity index (χ3v) is 3.08. The third kappa shape index (κ3) is 2.76. The molecule has 0 saturated carbocycles. The summed E-state index contributed by atoms with van der Waals surface area (Å²) in [4.78, 5) is 6.16. The first-order chi connectivity index (χ1) is 8.76. The molecule has 4 nitrogen and oxygen atoms in total. The Morgan fingerprint density at radius 1 is 1.44 bits per heavy atom. The van der Waals surface area contributed by atoms with Gasteiger partial charge in [0.1, 0.15) is 0 Å². The summed E-state index contributed by atoms with van der Waals surface area (Å²) < 4.78 is 1.72. The van der Waals surface area contributed by atoms with Crippen LogP contribution >= 0.6 is 23.2 Å². The summed E-state index contributed by atoms with van der Waals surface area (Å²) >= 11 is 11.9. The Bertz CT molecular complexity index is 498. The highest BCUT2D eigenvalue weighted by molar-refractivity contribution is 6.32. The van der Waals surface area contributed by atoms with E-state index in [1.54, 1.807) is 17.1 Å². The first kappa shape index (κ1) is 13.2. The largest absolute Gasteiger partial charge is 0.367 e. The summed E-state index contributed by atoms with van der Waals surface area (Å²) in [6.45, 7) is 3.64. The number of anilines is 1. The number of aromatic nitrogens is 3. The Morgan fingerprint density at radius 3 is 2.89 bits per heavy atom. The number of halogens is 2. The van der Waals surface area contributed by atoms with E-state index in [4.69, 9.17) is 23.2 Å². The highest BCUT2D eigenvalue weighted by Crippen LogP contribution is 2.25. The molecule has 0 N–H and O–H groups in total. The van der Waals surface area contributed by atoms with E-state index in [1.165, 1.54) is 0 Å². The lowest BCUT2D eigenvalue weighted by Gasteiger charge is -2.19. The van der Waals surface area contributed by atoms with E-state index < -0.39 is 0 Å². The molecule has 0 aliphatic heterocycles. The van der Waals surface area contributed by atoms with Crippen molar-refractivity contribution in [3.8, 4) is 5.69 Å². The van der Waals surface area contributed by atoms with Crippen molar-refractivity contribution in [2.24, 2.45) is 0 Å². The van der Waals surface area contributed by atoms with E-state index in [-0.39, 0.29) is 0 Å². The van der Waals surface area contributed by atoms with Gasteiger partial charge in [0, 0.05) is 25.2 Å². The number of alkyl halides is 1. The number of hydrogen-bond acceptors (Lipinski definition) is 3. The molecule has 2 aromatic heterocycles. The zero-order chi connectivity index (χ0) is 13.0. The van der Waals surface area contributed by atoms with Crippen LogP contribution in [-0.2, 0) is 0 Å². The molecule has 0 saturated heterocycles. The summed E-state index contributed by atoms with van der Waals surface area (Å²) in [7, 11) is 0. The van der Waals surface area contributed by atoms with Crippen molar-refractivity contribution in [1.82, 2.24) is 14.8 Å². The minimum Gasteiger partial charge on any atom is -0.367 e. The Kier molecular flexibility index (Phi) is 4.44. The maximum Gasteiger partial charge on any atom is 0.174 e. The van der Waals surface area contributed by atoms with Gasteiger partial charge in [-0.3, -0.25) is 4.98 Å². The van der Waals surface area contributed by atoms with Gasteiger partial charge in [-0.15, -0.1) is 11.6 Å². The van der Waals surface area contributed by atoms with Crippen molar-refractivity contribution in [2.45, 2.75) is 6.92 Å². The van der Waals surface area contributed by atoms with E-state index in [9.17, 15) is 0 Å². The maximum atomic E-state index is 6.17. The predicted molar refractivity (Wildman–Crippen MR) is 75.0 cm³/mol. The van der Waals surface area contributed by atoms with Crippen molar-refractivity contribution in [2.75, 3.05) is 23.9 Å². The van der Waals surface area contributed by atoms with Gasteiger partial charge in [-0.05, 0) is 19.1 Å². The van der Waals surface area contributed by atoms with Crippen LogP contribution in [0.3, 0.4) is 0 Å². The molecule has 0 unspecified atom stereocenters. The maximum absolute atomic E-state index is 6.17. The molecule has 2 aromatic rings. The van der Waals surface area contributed by atoms with Crippen LogP contribution in [0.4, 0.5) is 5.69 Å². The summed E-state index contributed by atoms with van der Waals surface area (Å²) in [5.74, 6) is 0.558. The lowest BCUT2D eigenvalue weighted by atomic mass is 10.4. The molecule has 0 aliphatic carbocycles. The average Bonchev–Trinajstić information content (AvgIpc) is 2.79. The van der Waals surface area contributed by atoms with Crippen LogP contribution in [0.2, 0.25) is 5.15 Å². The molecule has 0 bridgehead atoms. The van der Waals surface area contributed by atoms with Crippen LogP contribution in [0.5, 0.6) is 0 Å². The van der Waals surface area contributed by atoms with Gasteiger partial charge >= 0.3 is 0 Å². The fourth-order valence-electron chi connectivity index (χ4n) is 1.73. The number of rotatable bonds is 5. The quantitative estimate of drug-likeness (QED) is 0.792. The highest BCUT2D eigenvalue weighted by Gasteiger charge is 2.13. The second-order valence-electron chi connectivity index (χ2n) is 3.73. The minimum atomic E-state index is 0.478. The monoisotopic (exact) mass is 284 g/mol. The van der Waals surface area contributed by atoms with E-state index in [1.807, 2.05) is 18.3 Å². The number of nitrogens with zero attached hydrogens (tertiary/aromatic N) is 4. The molecular formula is C12H14Cl2N4. The van der Waals surface area contributed by atoms with Gasteiger partial charge < -0.3 is 4.90 Å². The van der Waals surface area contributed by atoms with Gasteiger partial charge in [-0.25, -0.2) is 4.68 Å². The molecule has 2 rings (SSSR count). The second kappa shape index (κ2) is 6.07. The Labute approximate surface area is 116 Å². The molecule has 0 atom stereocenters. The summed E-state index contributed by atoms with van der Waals surface area (Å²) in [5, 5.41) is 4.77. The zero-order valence-electron chi connectivity index (χ0n) is 10.1. The summed E-state index contributed by atoms with van der Waals surface area (Å²) in [5.41, 5.74) is 1.77. The van der Waals surface area contributed by atoms with E-state index >= 15 is 0 Å².